The summed E-state index contributed by atoms with van der Waals surface area (Å²) in [5.41, 5.74) is 8.60. The molecule has 1 rings (SSSR count). The zero-order valence-corrected chi connectivity index (χ0v) is 10.7. The summed E-state index contributed by atoms with van der Waals surface area (Å²) in [4.78, 5) is 11.5. The van der Waals surface area contributed by atoms with E-state index in [0.29, 0.717) is 18.8 Å². The lowest BCUT2D eigenvalue weighted by Gasteiger charge is -2.10. The molecule has 1 aromatic carbocycles. The number of carbonyl (C=O) groups excluding carboxylic acids is 1. The monoisotopic (exact) mass is 236 g/mol. The van der Waals surface area contributed by atoms with E-state index in [-0.39, 0.29) is 0 Å². The van der Waals surface area contributed by atoms with E-state index in [1.165, 1.54) is 5.56 Å². The number of nitrogens with two attached hydrogens (primary N) is 1. The average molecular weight is 236 g/mol. The molecule has 94 valence electrons. The summed E-state index contributed by atoms with van der Waals surface area (Å²) in [6, 6.07) is 3.89. The van der Waals surface area contributed by atoms with Crippen molar-refractivity contribution in [3.05, 3.63) is 28.8 Å². The Balaban J connectivity index is 2.62. The number of benzene rings is 1. The van der Waals surface area contributed by atoms with Crippen molar-refractivity contribution in [1.82, 2.24) is 5.32 Å². The third-order valence-electron chi connectivity index (χ3n) is 2.64. The summed E-state index contributed by atoms with van der Waals surface area (Å²) in [7, 11) is 0. The lowest BCUT2D eigenvalue weighted by Crippen LogP contribution is -2.29. The number of carbonyl (C=O) groups is 1. The van der Waals surface area contributed by atoms with E-state index in [9.17, 15) is 4.79 Å². The molecular formula is C13H20N2O2. The van der Waals surface area contributed by atoms with Crippen LogP contribution in [0.3, 0.4) is 0 Å². The van der Waals surface area contributed by atoms with Crippen molar-refractivity contribution in [1.29, 1.82) is 0 Å². The highest BCUT2D eigenvalue weighted by Gasteiger charge is 2.07. The Morgan fingerprint density at radius 3 is 2.53 bits per heavy atom. The fourth-order valence-electron chi connectivity index (χ4n) is 1.47. The fraction of sp³-hybridized carbons (Fsp3) is 0.462. The quantitative estimate of drug-likeness (QED) is 0.786. The molecule has 0 aliphatic rings. The van der Waals surface area contributed by atoms with Gasteiger partial charge in [0.05, 0.1) is 0 Å². The Morgan fingerprint density at radius 2 is 1.88 bits per heavy atom. The Labute approximate surface area is 102 Å². The molecule has 4 heteroatoms. The van der Waals surface area contributed by atoms with Crippen LogP contribution in [0.1, 0.15) is 23.1 Å². The molecule has 4 nitrogen and oxygen atoms in total. The first-order valence-electron chi connectivity index (χ1n) is 5.78. The summed E-state index contributed by atoms with van der Waals surface area (Å²) in [5.74, 6) is 0.610. The zero-order valence-electron chi connectivity index (χ0n) is 10.7. The predicted octanol–water partition coefficient (Wildman–Crippen LogP) is 2.05. The van der Waals surface area contributed by atoms with Crippen LogP contribution in [0.25, 0.3) is 0 Å². The molecule has 0 aromatic heterocycles. The Morgan fingerprint density at radius 1 is 1.24 bits per heavy atom. The normalized spacial score (nSPS) is 10.1. The lowest BCUT2D eigenvalue weighted by molar-refractivity contribution is 0.200. The molecule has 0 saturated heterocycles. The van der Waals surface area contributed by atoms with Crippen LogP contribution < -0.4 is 15.8 Å². The molecule has 0 fully saturated rings. The minimum Gasteiger partial charge on any atom is -0.410 e. The van der Waals surface area contributed by atoms with Crippen LogP contribution >= 0.6 is 0 Å². The second-order valence-corrected chi connectivity index (χ2v) is 4.16. The standard InChI is InChI=1S/C13H20N2O2/c1-9-7-11(3)12(8-10(9)2)17-13(16)15-6-4-5-14/h7-8H,4-6,14H2,1-3H3,(H,15,16). The highest BCUT2D eigenvalue weighted by Crippen LogP contribution is 2.22. The van der Waals surface area contributed by atoms with E-state index in [4.69, 9.17) is 10.5 Å². The average Bonchev–Trinajstić information content (AvgIpc) is 2.26. The third-order valence-corrected chi connectivity index (χ3v) is 2.64. The molecule has 0 aliphatic carbocycles. The molecule has 0 saturated carbocycles. The summed E-state index contributed by atoms with van der Waals surface area (Å²) < 4.78 is 5.24. The van der Waals surface area contributed by atoms with Crippen LogP contribution in [0, 0.1) is 20.8 Å². The summed E-state index contributed by atoms with van der Waals surface area (Å²) in [6.45, 7) is 7.05. The van der Waals surface area contributed by atoms with Crippen molar-refractivity contribution in [2.24, 2.45) is 5.73 Å². The van der Waals surface area contributed by atoms with E-state index in [1.54, 1.807) is 0 Å². The van der Waals surface area contributed by atoms with E-state index < -0.39 is 6.09 Å². The number of hydrogen-bond acceptors (Lipinski definition) is 3. The van der Waals surface area contributed by atoms with E-state index in [2.05, 4.69) is 5.32 Å². The van der Waals surface area contributed by atoms with Gasteiger partial charge in [-0.1, -0.05) is 6.07 Å². The molecule has 0 atom stereocenters. The fourth-order valence-corrected chi connectivity index (χ4v) is 1.47. The molecule has 0 spiro atoms. The van der Waals surface area contributed by atoms with Crippen molar-refractivity contribution < 1.29 is 9.53 Å². The minimum atomic E-state index is -0.426. The van der Waals surface area contributed by atoms with Gasteiger partial charge in [-0.25, -0.2) is 4.79 Å². The van der Waals surface area contributed by atoms with Gasteiger partial charge >= 0.3 is 6.09 Å². The highest BCUT2D eigenvalue weighted by atomic mass is 16.6. The maximum absolute atomic E-state index is 11.5. The summed E-state index contributed by atoms with van der Waals surface area (Å²) >= 11 is 0. The first kappa shape index (κ1) is 13.5. The Hall–Kier alpha value is -1.55. The number of ether oxygens (including phenoxy) is 1. The number of rotatable bonds is 4. The van der Waals surface area contributed by atoms with Crippen molar-refractivity contribution in [2.75, 3.05) is 13.1 Å². The van der Waals surface area contributed by atoms with Gasteiger partial charge in [-0.15, -0.1) is 0 Å². The van der Waals surface area contributed by atoms with Crippen LogP contribution in [0.15, 0.2) is 12.1 Å². The maximum Gasteiger partial charge on any atom is 0.412 e. The van der Waals surface area contributed by atoms with Crippen LogP contribution in [0.4, 0.5) is 4.79 Å². The molecule has 0 bridgehead atoms. The molecule has 0 aliphatic heterocycles. The van der Waals surface area contributed by atoms with E-state index in [0.717, 1.165) is 17.5 Å². The number of nitrogens with one attached hydrogen (secondary N) is 1. The molecule has 0 radical (unpaired) electrons. The molecule has 3 N–H and O–H groups in total. The van der Waals surface area contributed by atoms with Gasteiger partial charge in [-0.05, 0) is 56.5 Å². The zero-order chi connectivity index (χ0) is 12.8. The van der Waals surface area contributed by atoms with Gasteiger partial charge in [0.2, 0.25) is 0 Å². The molecule has 17 heavy (non-hydrogen) atoms. The summed E-state index contributed by atoms with van der Waals surface area (Å²) in [5, 5.41) is 2.65. The lowest BCUT2D eigenvalue weighted by atomic mass is 10.1. The van der Waals surface area contributed by atoms with Gasteiger partial charge < -0.3 is 15.8 Å². The SMILES string of the molecule is Cc1cc(C)c(OC(=O)NCCCN)cc1C. The van der Waals surface area contributed by atoms with Gasteiger partial charge in [-0.3, -0.25) is 0 Å². The molecule has 0 unspecified atom stereocenters. The van der Waals surface area contributed by atoms with E-state index >= 15 is 0 Å². The smallest absolute Gasteiger partial charge is 0.410 e. The van der Waals surface area contributed by atoms with Crippen LogP contribution in [0.2, 0.25) is 0 Å². The van der Waals surface area contributed by atoms with Crippen LogP contribution in [0.5, 0.6) is 5.75 Å². The number of amides is 1. The first-order chi connectivity index (χ1) is 8.04. The third kappa shape index (κ3) is 4.07. The van der Waals surface area contributed by atoms with Gasteiger partial charge in [-0.2, -0.15) is 0 Å². The van der Waals surface area contributed by atoms with Crippen LogP contribution in [-0.4, -0.2) is 19.2 Å². The topological polar surface area (TPSA) is 64.3 Å². The molecule has 0 heterocycles. The number of aryl methyl sites for hydroxylation is 3. The first-order valence-corrected chi connectivity index (χ1v) is 5.78. The number of hydrogen-bond donors (Lipinski definition) is 2. The van der Waals surface area contributed by atoms with Gasteiger partial charge in [0.1, 0.15) is 5.75 Å². The van der Waals surface area contributed by atoms with Crippen molar-refractivity contribution in [3.63, 3.8) is 0 Å². The Kier molecular flexibility index (Phi) is 4.97. The molecular weight excluding hydrogens is 216 g/mol. The van der Waals surface area contributed by atoms with Crippen molar-refractivity contribution >= 4 is 6.09 Å². The second-order valence-electron chi connectivity index (χ2n) is 4.16. The van der Waals surface area contributed by atoms with Crippen LogP contribution in [-0.2, 0) is 0 Å². The van der Waals surface area contributed by atoms with Gasteiger partial charge in [0.15, 0.2) is 0 Å². The largest absolute Gasteiger partial charge is 0.412 e. The molecule has 1 amide bonds. The molecule has 1 aromatic rings. The van der Waals surface area contributed by atoms with Crippen molar-refractivity contribution in [2.45, 2.75) is 27.2 Å². The maximum atomic E-state index is 11.5. The van der Waals surface area contributed by atoms with E-state index in [1.807, 2.05) is 32.9 Å². The van der Waals surface area contributed by atoms with Gasteiger partial charge in [0, 0.05) is 6.54 Å². The van der Waals surface area contributed by atoms with Gasteiger partial charge in [0.25, 0.3) is 0 Å². The summed E-state index contributed by atoms with van der Waals surface area (Å²) in [6.07, 6.45) is 0.325. The van der Waals surface area contributed by atoms with Crippen molar-refractivity contribution in [3.8, 4) is 5.75 Å². The second kappa shape index (κ2) is 6.25. The Bertz CT molecular complexity index is 403. The minimum absolute atomic E-state index is 0.426. The predicted molar refractivity (Wildman–Crippen MR) is 68.4 cm³/mol. The highest BCUT2D eigenvalue weighted by molar-refractivity contribution is 5.70.